The average molecular weight is 661 g/mol. The Balaban J connectivity index is 1.60. The maximum atomic E-state index is 13.4. The van der Waals surface area contributed by atoms with Gasteiger partial charge in [0.25, 0.3) is 11.8 Å². The largest absolute Gasteiger partial charge is 0.490 e. The molecule has 0 saturated carbocycles. The predicted molar refractivity (Wildman–Crippen MR) is 158 cm³/mol. The average Bonchev–Trinajstić information content (AvgIpc) is 2.93. The van der Waals surface area contributed by atoms with Crippen LogP contribution in [0.5, 0.6) is 11.5 Å². The number of hydrogen-bond donors (Lipinski definition) is 4. The second-order valence-corrected chi connectivity index (χ2v) is 10.4. The molecular formula is C30H28BrF3N4O5. The van der Waals surface area contributed by atoms with E-state index in [4.69, 9.17) is 9.47 Å². The molecule has 0 aromatic heterocycles. The number of benzene rings is 3. The number of amides is 4. The highest BCUT2D eigenvalue weighted by molar-refractivity contribution is 9.10. The molecule has 0 bridgehead atoms. The first-order valence-corrected chi connectivity index (χ1v) is 13.9. The molecule has 0 spiro atoms. The van der Waals surface area contributed by atoms with E-state index in [-0.39, 0.29) is 41.7 Å². The van der Waals surface area contributed by atoms with Gasteiger partial charge >= 0.3 is 12.2 Å². The number of nitrogens with one attached hydrogen (secondary N) is 4. The van der Waals surface area contributed by atoms with Crippen LogP contribution in [0.3, 0.4) is 0 Å². The van der Waals surface area contributed by atoms with Crippen LogP contribution in [0.25, 0.3) is 0 Å². The Morgan fingerprint density at radius 1 is 0.977 bits per heavy atom. The molecule has 0 aliphatic carbocycles. The van der Waals surface area contributed by atoms with E-state index in [1.165, 1.54) is 19.1 Å². The summed E-state index contributed by atoms with van der Waals surface area (Å²) < 4.78 is 51.6. The minimum absolute atomic E-state index is 0.0615. The number of para-hydroxylation sites is 1. The fourth-order valence-corrected chi connectivity index (χ4v) is 4.95. The zero-order chi connectivity index (χ0) is 31.3. The van der Waals surface area contributed by atoms with Gasteiger partial charge in [-0.1, -0.05) is 40.2 Å². The van der Waals surface area contributed by atoms with Crippen molar-refractivity contribution in [3.8, 4) is 11.5 Å². The van der Waals surface area contributed by atoms with Gasteiger partial charge in [-0.15, -0.1) is 0 Å². The van der Waals surface area contributed by atoms with Crippen LogP contribution in [0.2, 0.25) is 0 Å². The van der Waals surface area contributed by atoms with E-state index >= 15 is 0 Å². The third-order valence-corrected chi connectivity index (χ3v) is 7.10. The van der Waals surface area contributed by atoms with Gasteiger partial charge in [-0.3, -0.25) is 9.59 Å². The van der Waals surface area contributed by atoms with Crippen LogP contribution in [-0.2, 0) is 15.8 Å². The maximum absolute atomic E-state index is 13.4. The van der Waals surface area contributed by atoms with Crippen LogP contribution < -0.4 is 30.7 Å². The van der Waals surface area contributed by atoms with Crippen molar-refractivity contribution in [3.05, 3.63) is 93.1 Å². The second-order valence-electron chi connectivity index (χ2n) is 9.51. The molecule has 43 heavy (non-hydrogen) atoms. The van der Waals surface area contributed by atoms with Crippen LogP contribution in [0, 0.1) is 6.92 Å². The van der Waals surface area contributed by atoms with Crippen LogP contribution in [0.1, 0.15) is 36.6 Å². The summed E-state index contributed by atoms with van der Waals surface area (Å²) in [5.41, 5.74) is 1.22. The number of carbonyl (C=O) groups is 3. The summed E-state index contributed by atoms with van der Waals surface area (Å²) in [6.07, 6.45) is -4.59. The van der Waals surface area contributed by atoms with Crippen molar-refractivity contribution in [1.82, 2.24) is 10.6 Å². The van der Waals surface area contributed by atoms with Crippen LogP contribution in [0.4, 0.5) is 29.3 Å². The number of aryl methyl sites for hydroxylation is 1. The zero-order valence-electron chi connectivity index (χ0n) is 23.3. The number of halogens is 4. The smallest absolute Gasteiger partial charge is 0.416 e. The lowest BCUT2D eigenvalue weighted by Crippen LogP contribution is -2.46. The van der Waals surface area contributed by atoms with Crippen molar-refractivity contribution in [3.63, 3.8) is 0 Å². The van der Waals surface area contributed by atoms with Gasteiger partial charge in [-0.2, -0.15) is 13.2 Å². The molecule has 1 atom stereocenters. The third-order valence-electron chi connectivity index (χ3n) is 6.41. The van der Waals surface area contributed by atoms with Gasteiger partial charge < -0.3 is 30.7 Å². The molecular weight excluding hydrogens is 633 g/mol. The molecule has 3 aromatic carbocycles. The lowest BCUT2D eigenvalue weighted by molar-refractivity contribution is -0.137. The van der Waals surface area contributed by atoms with E-state index < -0.39 is 35.6 Å². The van der Waals surface area contributed by atoms with Gasteiger partial charge in [0.15, 0.2) is 18.1 Å². The summed E-state index contributed by atoms with van der Waals surface area (Å²) in [6, 6.07) is 13.0. The first-order chi connectivity index (χ1) is 20.4. The Labute approximate surface area is 254 Å². The Hall–Kier alpha value is -4.52. The van der Waals surface area contributed by atoms with Crippen LogP contribution in [0.15, 0.2) is 76.4 Å². The molecule has 0 fully saturated rings. The molecule has 9 nitrogen and oxygen atoms in total. The fourth-order valence-electron chi connectivity index (χ4n) is 4.40. The number of anilines is 2. The van der Waals surface area contributed by atoms with Crippen molar-refractivity contribution in [2.45, 2.75) is 33.0 Å². The number of rotatable bonds is 9. The third kappa shape index (κ3) is 7.66. The molecule has 4 amide bonds. The number of urea groups is 1. The standard InChI is InChI=1S/C30H28BrF3N4O5/c1-4-42-23-13-20(21(31)14-24(23)43-15-25(39)37-22-11-6-5-8-16(22)2)27-26(17(3)35-29(41)38-27)28(40)36-19-10-7-9-18(12-19)30(32,33)34/h5-14,27H,4,15H2,1-3H3,(H,36,40)(H,37,39)(H2,35,38,41)/t27-/m0/s1. The number of alkyl halides is 3. The van der Waals surface area contributed by atoms with Crippen LogP contribution >= 0.6 is 15.9 Å². The minimum Gasteiger partial charge on any atom is -0.490 e. The Morgan fingerprint density at radius 3 is 2.40 bits per heavy atom. The first-order valence-electron chi connectivity index (χ1n) is 13.1. The molecule has 1 aliphatic rings. The summed E-state index contributed by atoms with van der Waals surface area (Å²) in [7, 11) is 0. The molecule has 1 aliphatic heterocycles. The lowest BCUT2D eigenvalue weighted by atomic mass is 9.94. The Bertz CT molecular complexity index is 1590. The molecule has 0 radical (unpaired) electrons. The molecule has 0 unspecified atom stereocenters. The first kappa shape index (κ1) is 31.4. The van der Waals surface area contributed by atoms with Crippen LogP contribution in [-0.4, -0.2) is 31.1 Å². The molecule has 4 rings (SSSR count). The van der Waals surface area contributed by atoms with Gasteiger partial charge in [-0.25, -0.2) is 4.79 Å². The van der Waals surface area contributed by atoms with Gasteiger partial charge in [0.05, 0.1) is 23.8 Å². The van der Waals surface area contributed by atoms with E-state index in [0.717, 1.165) is 17.7 Å². The molecule has 0 saturated heterocycles. The summed E-state index contributed by atoms with van der Waals surface area (Å²) in [5, 5.41) is 10.5. The van der Waals surface area contributed by atoms with Gasteiger partial charge in [0.1, 0.15) is 0 Å². The second kappa shape index (κ2) is 13.2. The van der Waals surface area contributed by atoms with Gasteiger partial charge in [0.2, 0.25) is 0 Å². The predicted octanol–water partition coefficient (Wildman–Crippen LogP) is 6.46. The van der Waals surface area contributed by atoms with E-state index in [0.29, 0.717) is 15.7 Å². The highest BCUT2D eigenvalue weighted by Crippen LogP contribution is 2.40. The Morgan fingerprint density at radius 2 is 1.70 bits per heavy atom. The van der Waals surface area contributed by atoms with Crippen molar-refractivity contribution >= 4 is 45.2 Å². The number of allylic oxidation sites excluding steroid dienone is 1. The summed E-state index contributed by atoms with van der Waals surface area (Å²) in [5.74, 6) is -0.650. The molecule has 226 valence electrons. The molecule has 3 aromatic rings. The molecule has 1 heterocycles. The normalized spacial score (nSPS) is 14.9. The quantitative estimate of drug-likeness (QED) is 0.210. The number of hydrogen-bond acceptors (Lipinski definition) is 5. The number of carbonyl (C=O) groups excluding carboxylic acids is 3. The van der Waals surface area contributed by atoms with Gasteiger partial charge in [0, 0.05) is 21.5 Å². The van der Waals surface area contributed by atoms with E-state index in [9.17, 15) is 27.6 Å². The lowest BCUT2D eigenvalue weighted by Gasteiger charge is -2.30. The SMILES string of the molecule is CCOc1cc([C@@H]2NC(=O)NC(C)=C2C(=O)Nc2cccc(C(F)(F)F)c2)c(Br)cc1OCC(=O)Nc1ccccc1C. The highest BCUT2D eigenvalue weighted by atomic mass is 79.9. The Kier molecular flexibility index (Phi) is 9.64. The van der Waals surface area contributed by atoms with Gasteiger partial charge in [-0.05, 0) is 68.3 Å². The van der Waals surface area contributed by atoms with E-state index in [1.54, 1.807) is 31.2 Å². The molecule has 4 N–H and O–H groups in total. The fraction of sp³-hybridized carbons (Fsp3) is 0.233. The van der Waals surface area contributed by atoms with E-state index in [2.05, 4.69) is 37.2 Å². The molecule has 13 heteroatoms. The zero-order valence-corrected chi connectivity index (χ0v) is 24.9. The van der Waals surface area contributed by atoms with Crippen molar-refractivity contribution in [1.29, 1.82) is 0 Å². The highest BCUT2D eigenvalue weighted by Gasteiger charge is 2.34. The summed E-state index contributed by atoms with van der Waals surface area (Å²) in [4.78, 5) is 38.4. The van der Waals surface area contributed by atoms with Crippen molar-refractivity contribution in [2.75, 3.05) is 23.8 Å². The topological polar surface area (TPSA) is 118 Å². The summed E-state index contributed by atoms with van der Waals surface area (Å²) >= 11 is 3.47. The van der Waals surface area contributed by atoms with Crippen molar-refractivity contribution in [2.24, 2.45) is 0 Å². The maximum Gasteiger partial charge on any atom is 0.416 e. The van der Waals surface area contributed by atoms with Crippen molar-refractivity contribution < 1.29 is 37.0 Å². The van der Waals surface area contributed by atoms with E-state index in [1.807, 2.05) is 19.1 Å². The number of ether oxygens (including phenoxy) is 2. The minimum atomic E-state index is -4.59. The monoisotopic (exact) mass is 660 g/mol. The summed E-state index contributed by atoms with van der Waals surface area (Å²) in [6.45, 7) is 5.04.